The van der Waals surface area contributed by atoms with E-state index in [-0.39, 0.29) is 12.3 Å². The van der Waals surface area contributed by atoms with Gasteiger partial charge < -0.3 is 14.8 Å². The van der Waals surface area contributed by atoms with Gasteiger partial charge in [0.1, 0.15) is 5.01 Å². The summed E-state index contributed by atoms with van der Waals surface area (Å²) in [7, 11) is 3.21. The van der Waals surface area contributed by atoms with Crippen molar-refractivity contribution >= 4 is 17.2 Å². The quantitative estimate of drug-likeness (QED) is 0.543. The number of carbonyl (C=O) groups excluding carboxylic acids is 1. The van der Waals surface area contributed by atoms with Gasteiger partial charge in [-0.3, -0.25) is 9.48 Å². The molecular weight excluding hydrogens is 388 g/mol. The topological polar surface area (TPSA) is 78.3 Å². The van der Waals surface area contributed by atoms with Crippen LogP contribution in [0.25, 0.3) is 10.6 Å². The van der Waals surface area contributed by atoms with Gasteiger partial charge in [-0.05, 0) is 38.5 Å². The minimum atomic E-state index is -0.0344. The Labute approximate surface area is 174 Å². The molecule has 0 saturated carbocycles. The monoisotopic (exact) mass is 414 g/mol. The summed E-state index contributed by atoms with van der Waals surface area (Å²) in [6.07, 6.45) is 1.08. The average Bonchev–Trinajstić information content (AvgIpc) is 3.30. The number of nitrogens with zero attached hydrogens (tertiary/aromatic N) is 3. The second-order valence-electron chi connectivity index (χ2n) is 6.72. The Hall–Kier alpha value is -2.87. The number of para-hydroxylation sites is 1. The van der Waals surface area contributed by atoms with Crippen molar-refractivity contribution in [1.29, 1.82) is 0 Å². The van der Waals surface area contributed by atoms with Crippen LogP contribution in [0.15, 0.2) is 29.6 Å². The van der Waals surface area contributed by atoms with Gasteiger partial charge in [-0.25, -0.2) is 4.98 Å². The summed E-state index contributed by atoms with van der Waals surface area (Å²) in [5, 5.41) is 10.1. The van der Waals surface area contributed by atoms with Gasteiger partial charge in [-0.15, -0.1) is 11.3 Å². The molecule has 0 saturated heterocycles. The number of rotatable bonds is 9. The Bertz CT molecular complexity index is 980. The van der Waals surface area contributed by atoms with E-state index in [1.807, 2.05) is 42.1 Å². The second kappa shape index (κ2) is 9.56. The van der Waals surface area contributed by atoms with Gasteiger partial charge >= 0.3 is 0 Å². The van der Waals surface area contributed by atoms with Crippen molar-refractivity contribution in [3.05, 3.63) is 46.7 Å². The van der Waals surface area contributed by atoms with Crippen LogP contribution >= 0.6 is 11.3 Å². The highest BCUT2D eigenvalue weighted by molar-refractivity contribution is 7.13. The predicted molar refractivity (Wildman–Crippen MR) is 114 cm³/mol. The Kier molecular flexibility index (Phi) is 6.87. The Balaban J connectivity index is 1.53. The van der Waals surface area contributed by atoms with Crippen LogP contribution in [-0.2, 0) is 17.8 Å². The first kappa shape index (κ1) is 20.9. The molecule has 29 heavy (non-hydrogen) atoms. The van der Waals surface area contributed by atoms with Crippen LogP contribution in [0.3, 0.4) is 0 Å². The summed E-state index contributed by atoms with van der Waals surface area (Å²) in [6.45, 7) is 5.42. The highest BCUT2D eigenvalue weighted by atomic mass is 32.1. The summed E-state index contributed by atoms with van der Waals surface area (Å²) in [5.74, 6) is 1.26. The van der Waals surface area contributed by atoms with Gasteiger partial charge in [0, 0.05) is 24.2 Å². The van der Waals surface area contributed by atoms with E-state index >= 15 is 0 Å². The van der Waals surface area contributed by atoms with Crippen molar-refractivity contribution < 1.29 is 14.3 Å². The zero-order valence-electron chi connectivity index (χ0n) is 17.2. The Morgan fingerprint density at radius 2 is 2.07 bits per heavy atom. The minimum absolute atomic E-state index is 0.0344. The first-order chi connectivity index (χ1) is 14.0. The molecule has 2 aromatic heterocycles. The lowest BCUT2D eigenvalue weighted by Crippen LogP contribution is -2.27. The molecule has 1 amide bonds. The number of aryl methyl sites for hydroxylation is 3. The van der Waals surface area contributed by atoms with Crippen LogP contribution in [0.5, 0.6) is 11.5 Å². The Morgan fingerprint density at radius 3 is 2.76 bits per heavy atom. The number of hydrogen-bond acceptors (Lipinski definition) is 6. The zero-order valence-corrected chi connectivity index (χ0v) is 18.0. The second-order valence-corrected chi connectivity index (χ2v) is 7.57. The molecule has 3 aromatic rings. The largest absolute Gasteiger partial charge is 0.493 e. The molecule has 1 aromatic carbocycles. The van der Waals surface area contributed by atoms with Crippen LogP contribution < -0.4 is 14.8 Å². The molecule has 154 valence electrons. The van der Waals surface area contributed by atoms with Crippen molar-refractivity contribution in [1.82, 2.24) is 20.1 Å². The molecule has 7 nitrogen and oxygen atoms in total. The highest BCUT2D eigenvalue weighted by Gasteiger charge is 2.15. The molecule has 2 heterocycles. The Morgan fingerprint density at radius 1 is 1.24 bits per heavy atom. The SMILES string of the molecule is COc1cccc(-c2nc(CC(=O)NCCCn3nc(C)cc3C)cs2)c1OC. The van der Waals surface area contributed by atoms with Gasteiger partial charge in [0.05, 0.1) is 37.6 Å². The van der Waals surface area contributed by atoms with E-state index in [2.05, 4.69) is 21.5 Å². The van der Waals surface area contributed by atoms with Crippen molar-refractivity contribution in [3.63, 3.8) is 0 Å². The minimum Gasteiger partial charge on any atom is -0.493 e. The van der Waals surface area contributed by atoms with Crippen LogP contribution in [0, 0.1) is 13.8 Å². The first-order valence-corrected chi connectivity index (χ1v) is 10.3. The maximum absolute atomic E-state index is 12.3. The van der Waals surface area contributed by atoms with E-state index < -0.39 is 0 Å². The third-order valence-electron chi connectivity index (χ3n) is 4.50. The smallest absolute Gasteiger partial charge is 0.226 e. The molecule has 0 aliphatic carbocycles. The molecule has 8 heteroatoms. The third-order valence-corrected chi connectivity index (χ3v) is 5.42. The number of hydrogen-bond donors (Lipinski definition) is 1. The summed E-state index contributed by atoms with van der Waals surface area (Å²) in [6, 6.07) is 7.72. The van der Waals surface area contributed by atoms with E-state index in [0.29, 0.717) is 18.0 Å². The number of ether oxygens (including phenoxy) is 2. The molecule has 0 aliphatic rings. The molecule has 3 rings (SSSR count). The molecule has 0 bridgehead atoms. The van der Waals surface area contributed by atoms with Gasteiger partial charge in [-0.1, -0.05) is 6.07 Å². The zero-order chi connectivity index (χ0) is 20.8. The molecule has 0 spiro atoms. The van der Waals surface area contributed by atoms with Crippen molar-refractivity contribution in [2.75, 3.05) is 20.8 Å². The number of nitrogens with one attached hydrogen (secondary N) is 1. The fourth-order valence-electron chi connectivity index (χ4n) is 3.15. The number of benzene rings is 1. The van der Waals surface area contributed by atoms with Gasteiger partial charge in [0.15, 0.2) is 11.5 Å². The summed E-state index contributed by atoms with van der Waals surface area (Å²) < 4.78 is 12.8. The lowest BCUT2D eigenvalue weighted by molar-refractivity contribution is -0.120. The van der Waals surface area contributed by atoms with Gasteiger partial charge in [0.2, 0.25) is 5.91 Å². The molecule has 0 fully saturated rings. The number of carbonyl (C=O) groups is 1. The van der Waals surface area contributed by atoms with E-state index in [1.165, 1.54) is 11.3 Å². The fourth-order valence-corrected chi connectivity index (χ4v) is 3.99. The molecule has 0 unspecified atom stereocenters. The standard InChI is InChI=1S/C21H26N4O3S/c1-14-11-15(2)25(24-14)10-6-9-22-19(26)12-16-13-29-21(23-16)17-7-5-8-18(27-3)20(17)28-4/h5,7-8,11,13H,6,9-10,12H2,1-4H3,(H,22,26). The maximum Gasteiger partial charge on any atom is 0.226 e. The molecule has 0 atom stereocenters. The van der Waals surface area contributed by atoms with Crippen LogP contribution in [0.1, 0.15) is 23.5 Å². The predicted octanol–water partition coefficient (Wildman–Crippen LogP) is 3.39. The lowest BCUT2D eigenvalue weighted by Gasteiger charge is -2.10. The number of aromatic nitrogens is 3. The van der Waals surface area contributed by atoms with Crippen molar-refractivity contribution in [3.8, 4) is 22.1 Å². The molecule has 1 N–H and O–H groups in total. The molecule has 0 radical (unpaired) electrons. The van der Waals surface area contributed by atoms with Crippen LogP contribution in [0.4, 0.5) is 0 Å². The van der Waals surface area contributed by atoms with Gasteiger partial charge in [-0.2, -0.15) is 5.10 Å². The van der Waals surface area contributed by atoms with Crippen LogP contribution in [0.2, 0.25) is 0 Å². The van der Waals surface area contributed by atoms with Crippen molar-refractivity contribution in [2.45, 2.75) is 33.2 Å². The number of methoxy groups -OCH3 is 2. The van der Waals surface area contributed by atoms with Gasteiger partial charge in [0.25, 0.3) is 0 Å². The summed E-state index contributed by atoms with van der Waals surface area (Å²) in [5.41, 5.74) is 3.75. The fraction of sp³-hybridized carbons (Fsp3) is 0.381. The third kappa shape index (κ3) is 5.14. The normalized spacial score (nSPS) is 10.8. The average molecular weight is 415 g/mol. The van der Waals surface area contributed by atoms with E-state index in [1.54, 1.807) is 14.2 Å². The number of thiazole rings is 1. The lowest BCUT2D eigenvalue weighted by atomic mass is 10.2. The van der Waals surface area contributed by atoms with E-state index in [4.69, 9.17) is 9.47 Å². The highest BCUT2D eigenvalue weighted by Crippen LogP contribution is 2.38. The number of amides is 1. The van der Waals surface area contributed by atoms with E-state index in [0.717, 1.165) is 40.6 Å². The molecular formula is C21H26N4O3S. The summed E-state index contributed by atoms with van der Waals surface area (Å²) >= 11 is 1.48. The first-order valence-electron chi connectivity index (χ1n) is 9.45. The summed E-state index contributed by atoms with van der Waals surface area (Å²) in [4.78, 5) is 16.9. The maximum atomic E-state index is 12.3. The van der Waals surface area contributed by atoms with E-state index in [9.17, 15) is 4.79 Å². The van der Waals surface area contributed by atoms with Crippen LogP contribution in [-0.4, -0.2) is 41.4 Å². The molecule has 0 aliphatic heterocycles. The van der Waals surface area contributed by atoms with Crippen molar-refractivity contribution in [2.24, 2.45) is 0 Å².